The standard InChI is InChI=1S/C16H28N2O3/c1-6-10-18(7-2)15(21)17-13-9-8-12(14(19)20)16(4,5)11(13)3/h6,11-13H,1,7-10H2,2-5H3,(H,17,21)(H,19,20). The maximum absolute atomic E-state index is 12.3. The Morgan fingerprint density at radius 1 is 1.43 bits per heavy atom. The molecule has 3 atom stereocenters. The van der Waals surface area contributed by atoms with E-state index in [0.717, 1.165) is 0 Å². The molecule has 1 aliphatic carbocycles. The van der Waals surface area contributed by atoms with Crippen LogP contribution in [0.2, 0.25) is 0 Å². The van der Waals surface area contributed by atoms with Gasteiger partial charge in [-0.15, -0.1) is 6.58 Å². The molecule has 0 bridgehead atoms. The van der Waals surface area contributed by atoms with E-state index >= 15 is 0 Å². The van der Waals surface area contributed by atoms with E-state index in [0.29, 0.717) is 25.9 Å². The van der Waals surface area contributed by atoms with E-state index in [1.165, 1.54) is 0 Å². The van der Waals surface area contributed by atoms with Gasteiger partial charge in [-0.2, -0.15) is 0 Å². The topological polar surface area (TPSA) is 69.6 Å². The zero-order valence-corrected chi connectivity index (χ0v) is 13.6. The summed E-state index contributed by atoms with van der Waals surface area (Å²) in [5.41, 5.74) is -0.336. The van der Waals surface area contributed by atoms with Crippen LogP contribution in [0.4, 0.5) is 4.79 Å². The molecule has 0 saturated heterocycles. The molecule has 5 heteroatoms. The van der Waals surface area contributed by atoms with Gasteiger partial charge >= 0.3 is 12.0 Å². The Labute approximate surface area is 127 Å². The van der Waals surface area contributed by atoms with Crippen LogP contribution < -0.4 is 5.32 Å². The third-order valence-corrected chi connectivity index (χ3v) is 5.07. The lowest BCUT2D eigenvalue weighted by Gasteiger charge is -2.46. The monoisotopic (exact) mass is 296 g/mol. The minimum Gasteiger partial charge on any atom is -0.481 e. The molecule has 0 aromatic rings. The van der Waals surface area contributed by atoms with Crippen molar-refractivity contribution >= 4 is 12.0 Å². The molecule has 2 amide bonds. The van der Waals surface area contributed by atoms with Gasteiger partial charge < -0.3 is 15.3 Å². The van der Waals surface area contributed by atoms with Crippen molar-refractivity contribution in [1.29, 1.82) is 0 Å². The van der Waals surface area contributed by atoms with Crippen LogP contribution in [0.25, 0.3) is 0 Å². The molecule has 1 aliphatic rings. The lowest BCUT2D eigenvalue weighted by Crippen LogP contribution is -2.54. The summed E-state index contributed by atoms with van der Waals surface area (Å²) in [5, 5.41) is 12.4. The Hall–Kier alpha value is -1.52. The van der Waals surface area contributed by atoms with Crippen LogP contribution >= 0.6 is 0 Å². The van der Waals surface area contributed by atoms with Crippen LogP contribution in [0.3, 0.4) is 0 Å². The van der Waals surface area contributed by atoms with Crippen LogP contribution in [-0.2, 0) is 4.79 Å². The van der Waals surface area contributed by atoms with E-state index < -0.39 is 5.97 Å². The molecular formula is C16H28N2O3. The van der Waals surface area contributed by atoms with Crippen molar-refractivity contribution in [3.63, 3.8) is 0 Å². The van der Waals surface area contributed by atoms with E-state index in [4.69, 9.17) is 0 Å². The average molecular weight is 296 g/mol. The van der Waals surface area contributed by atoms with Crippen molar-refractivity contribution in [1.82, 2.24) is 10.2 Å². The molecule has 0 aliphatic heterocycles. The first-order chi connectivity index (χ1) is 9.75. The Morgan fingerprint density at radius 3 is 2.52 bits per heavy atom. The first kappa shape index (κ1) is 17.5. The minimum atomic E-state index is -0.738. The number of carbonyl (C=O) groups excluding carboxylic acids is 1. The number of carboxylic acids is 1. The highest BCUT2D eigenvalue weighted by molar-refractivity contribution is 5.75. The van der Waals surface area contributed by atoms with Gasteiger partial charge in [-0.3, -0.25) is 4.79 Å². The number of nitrogens with zero attached hydrogens (tertiary/aromatic N) is 1. The molecule has 0 aromatic carbocycles. The number of carboxylic acid groups (broad SMARTS) is 1. The van der Waals surface area contributed by atoms with Gasteiger partial charge in [0.2, 0.25) is 0 Å². The van der Waals surface area contributed by atoms with Gasteiger partial charge in [0.15, 0.2) is 0 Å². The third-order valence-electron chi connectivity index (χ3n) is 5.07. The highest BCUT2D eigenvalue weighted by atomic mass is 16.4. The molecule has 21 heavy (non-hydrogen) atoms. The summed E-state index contributed by atoms with van der Waals surface area (Å²) in [6, 6.07) is -0.0826. The Bertz CT molecular complexity index is 406. The summed E-state index contributed by atoms with van der Waals surface area (Å²) >= 11 is 0. The van der Waals surface area contributed by atoms with Gasteiger partial charge in [-0.1, -0.05) is 26.8 Å². The highest BCUT2D eigenvalue weighted by Gasteiger charge is 2.46. The number of amides is 2. The van der Waals surface area contributed by atoms with Gasteiger partial charge in [-0.25, -0.2) is 4.79 Å². The highest BCUT2D eigenvalue weighted by Crippen LogP contribution is 2.45. The Morgan fingerprint density at radius 2 is 2.05 bits per heavy atom. The molecule has 0 aromatic heterocycles. The number of carbonyl (C=O) groups is 2. The van der Waals surface area contributed by atoms with Gasteiger partial charge in [0.25, 0.3) is 0 Å². The molecule has 1 rings (SSSR count). The molecule has 120 valence electrons. The second kappa shape index (κ2) is 6.96. The fourth-order valence-electron chi connectivity index (χ4n) is 3.20. The SMILES string of the molecule is C=CCN(CC)C(=O)NC1CCC(C(=O)O)C(C)(C)C1C. The van der Waals surface area contributed by atoms with E-state index in [9.17, 15) is 14.7 Å². The predicted molar refractivity (Wildman–Crippen MR) is 83.1 cm³/mol. The summed E-state index contributed by atoms with van der Waals surface area (Å²) in [6.07, 6.45) is 3.02. The maximum Gasteiger partial charge on any atom is 0.317 e. The zero-order valence-electron chi connectivity index (χ0n) is 13.6. The lowest BCUT2D eigenvalue weighted by atomic mass is 9.61. The van der Waals surface area contributed by atoms with E-state index in [2.05, 4.69) is 11.9 Å². The summed E-state index contributed by atoms with van der Waals surface area (Å²) in [4.78, 5) is 25.3. The normalized spacial score (nSPS) is 27.7. The number of hydrogen-bond acceptors (Lipinski definition) is 2. The zero-order chi connectivity index (χ0) is 16.2. The van der Waals surface area contributed by atoms with Crippen molar-refractivity contribution in [2.75, 3.05) is 13.1 Å². The van der Waals surface area contributed by atoms with Crippen LogP contribution in [0.15, 0.2) is 12.7 Å². The number of hydrogen-bond donors (Lipinski definition) is 2. The van der Waals surface area contributed by atoms with E-state index in [1.807, 2.05) is 27.7 Å². The number of nitrogens with one attached hydrogen (secondary N) is 1. The molecule has 0 spiro atoms. The van der Waals surface area contributed by atoms with Crippen LogP contribution in [0.1, 0.15) is 40.5 Å². The molecule has 0 radical (unpaired) electrons. The minimum absolute atomic E-state index is 0.0157. The number of aliphatic carboxylic acids is 1. The fourth-order valence-corrected chi connectivity index (χ4v) is 3.20. The number of rotatable bonds is 5. The fraction of sp³-hybridized carbons (Fsp3) is 0.750. The lowest BCUT2D eigenvalue weighted by molar-refractivity contribution is -0.150. The largest absolute Gasteiger partial charge is 0.481 e. The molecule has 1 saturated carbocycles. The van der Waals surface area contributed by atoms with Crippen LogP contribution in [0, 0.1) is 17.3 Å². The molecule has 3 unspecified atom stereocenters. The summed E-state index contributed by atoms with van der Waals surface area (Å²) in [5.74, 6) is -0.978. The van der Waals surface area contributed by atoms with Crippen molar-refractivity contribution in [3.05, 3.63) is 12.7 Å². The maximum atomic E-state index is 12.3. The predicted octanol–water partition coefficient (Wildman–Crippen LogP) is 2.73. The molecule has 1 fully saturated rings. The molecule has 5 nitrogen and oxygen atoms in total. The Balaban J connectivity index is 2.76. The summed E-state index contributed by atoms with van der Waals surface area (Å²) in [7, 11) is 0. The number of urea groups is 1. The summed E-state index contributed by atoms with van der Waals surface area (Å²) < 4.78 is 0. The van der Waals surface area contributed by atoms with Crippen molar-refractivity contribution in [2.24, 2.45) is 17.3 Å². The third kappa shape index (κ3) is 3.77. The van der Waals surface area contributed by atoms with Crippen molar-refractivity contribution in [2.45, 2.75) is 46.6 Å². The smallest absolute Gasteiger partial charge is 0.317 e. The van der Waals surface area contributed by atoms with Gasteiger partial charge in [0.05, 0.1) is 5.92 Å². The first-order valence-electron chi connectivity index (χ1n) is 7.64. The van der Waals surface area contributed by atoms with Crippen molar-refractivity contribution < 1.29 is 14.7 Å². The Kier molecular flexibility index (Phi) is 5.81. The van der Waals surface area contributed by atoms with Crippen molar-refractivity contribution in [3.8, 4) is 0 Å². The summed E-state index contributed by atoms with van der Waals surface area (Å²) in [6.45, 7) is 12.7. The molecule has 2 N–H and O–H groups in total. The quantitative estimate of drug-likeness (QED) is 0.766. The van der Waals surface area contributed by atoms with E-state index in [1.54, 1.807) is 11.0 Å². The number of likely N-dealkylation sites (N-methyl/N-ethyl adjacent to an activating group) is 1. The van der Waals surface area contributed by atoms with Crippen LogP contribution in [0.5, 0.6) is 0 Å². The molecular weight excluding hydrogens is 268 g/mol. The first-order valence-corrected chi connectivity index (χ1v) is 7.64. The van der Waals surface area contributed by atoms with Gasteiger partial charge in [0.1, 0.15) is 0 Å². The van der Waals surface area contributed by atoms with Gasteiger partial charge in [-0.05, 0) is 31.1 Å². The molecule has 0 heterocycles. The second-order valence-corrected chi connectivity index (χ2v) is 6.46. The van der Waals surface area contributed by atoms with E-state index in [-0.39, 0.29) is 29.3 Å². The second-order valence-electron chi connectivity index (χ2n) is 6.46. The van der Waals surface area contributed by atoms with Gasteiger partial charge in [0, 0.05) is 19.1 Å². The average Bonchev–Trinajstić information content (AvgIpc) is 2.40. The van der Waals surface area contributed by atoms with Crippen LogP contribution in [-0.4, -0.2) is 41.1 Å².